The van der Waals surface area contributed by atoms with E-state index in [0.717, 1.165) is 21.5 Å². The number of hydrogen-bond donors (Lipinski definition) is 1. The second kappa shape index (κ2) is 6.38. The Morgan fingerprint density at radius 2 is 1.89 bits per heavy atom. The van der Waals surface area contributed by atoms with Gasteiger partial charge in [-0.25, -0.2) is 0 Å². The van der Waals surface area contributed by atoms with Gasteiger partial charge in [-0.15, -0.1) is 0 Å². The van der Waals surface area contributed by atoms with Crippen LogP contribution in [0.1, 0.15) is 11.1 Å². The van der Waals surface area contributed by atoms with E-state index in [2.05, 4.69) is 33.4 Å². The first-order valence-corrected chi connectivity index (χ1v) is 6.67. The highest BCUT2D eigenvalue weighted by atomic mass is 79.9. The molecule has 0 unspecified atom stereocenters. The molecule has 19 heavy (non-hydrogen) atoms. The molecule has 3 nitrogen and oxygen atoms in total. The average molecular weight is 319 g/mol. The van der Waals surface area contributed by atoms with Crippen molar-refractivity contribution in [3.8, 4) is 5.75 Å². The number of rotatable bonds is 4. The molecule has 0 fully saturated rings. The molecule has 0 aromatic heterocycles. The molecular weight excluding hydrogens is 304 g/mol. The lowest BCUT2D eigenvalue weighted by molar-refractivity contribution is 0.412. The van der Waals surface area contributed by atoms with Crippen LogP contribution in [0, 0.1) is 6.92 Å². The quantitative estimate of drug-likeness (QED) is 0.676. The Morgan fingerprint density at radius 3 is 2.53 bits per heavy atom. The van der Waals surface area contributed by atoms with Crippen LogP contribution in [0.5, 0.6) is 5.75 Å². The van der Waals surface area contributed by atoms with E-state index in [4.69, 9.17) is 4.74 Å². The highest BCUT2D eigenvalue weighted by molar-refractivity contribution is 9.10. The summed E-state index contributed by atoms with van der Waals surface area (Å²) in [6.07, 6.45) is 1.77. The van der Waals surface area contributed by atoms with E-state index in [9.17, 15) is 0 Å². The number of nitrogens with zero attached hydrogens (tertiary/aromatic N) is 1. The highest BCUT2D eigenvalue weighted by Crippen LogP contribution is 2.24. The normalized spacial score (nSPS) is 10.7. The predicted molar refractivity (Wildman–Crippen MR) is 83.1 cm³/mol. The number of hydrogen-bond acceptors (Lipinski definition) is 3. The molecule has 0 radical (unpaired) electrons. The summed E-state index contributed by atoms with van der Waals surface area (Å²) in [4.78, 5) is 0. The topological polar surface area (TPSA) is 33.6 Å². The Balaban J connectivity index is 2.02. The number of anilines is 1. The molecule has 2 rings (SSSR count). The van der Waals surface area contributed by atoms with Crippen LogP contribution in [0.25, 0.3) is 0 Å². The van der Waals surface area contributed by atoms with Crippen LogP contribution in [0.3, 0.4) is 0 Å². The second-order valence-corrected chi connectivity index (χ2v) is 4.98. The molecule has 0 spiro atoms. The van der Waals surface area contributed by atoms with Crippen LogP contribution < -0.4 is 10.2 Å². The van der Waals surface area contributed by atoms with Crippen LogP contribution >= 0.6 is 15.9 Å². The van der Waals surface area contributed by atoms with Gasteiger partial charge < -0.3 is 4.74 Å². The number of methoxy groups -OCH3 is 1. The molecule has 0 amide bonds. The SMILES string of the molecule is COc1ccc(/C=N/Nc2ccc(C)cc2)cc1Br. The van der Waals surface area contributed by atoms with Gasteiger partial charge in [0.05, 0.1) is 23.5 Å². The smallest absolute Gasteiger partial charge is 0.133 e. The van der Waals surface area contributed by atoms with Gasteiger partial charge in [0.25, 0.3) is 0 Å². The number of halogens is 1. The second-order valence-electron chi connectivity index (χ2n) is 4.13. The van der Waals surface area contributed by atoms with Gasteiger partial charge in [-0.1, -0.05) is 17.7 Å². The van der Waals surface area contributed by atoms with Gasteiger partial charge >= 0.3 is 0 Å². The summed E-state index contributed by atoms with van der Waals surface area (Å²) in [5.74, 6) is 0.809. The summed E-state index contributed by atoms with van der Waals surface area (Å²) in [5, 5.41) is 4.20. The zero-order valence-corrected chi connectivity index (χ0v) is 12.4. The van der Waals surface area contributed by atoms with Crippen molar-refractivity contribution in [3.63, 3.8) is 0 Å². The Hall–Kier alpha value is -1.81. The summed E-state index contributed by atoms with van der Waals surface area (Å²) in [5.41, 5.74) is 6.18. The maximum absolute atomic E-state index is 5.18. The van der Waals surface area contributed by atoms with Crippen LogP contribution in [-0.4, -0.2) is 13.3 Å². The van der Waals surface area contributed by atoms with Crippen molar-refractivity contribution in [1.82, 2.24) is 0 Å². The first kappa shape index (κ1) is 13.6. The summed E-state index contributed by atoms with van der Waals surface area (Å²) >= 11 is 3.45. The van der Waals surface area contributed by atoms with Crippen LogP contribution in [0.15, 0.2) is 52.0 Å². The molecule has 0 saturated carbocycles. The van der Waals surface area contributed by atoms with Crippen LogP contribution in [0.2, 0.25) is 0 Å². The van der Waals surface area contributed by atoms with Gasteiger partial charge in [0, 0.05) is 0 Å². The largest absolute Gasteiger partial charge is 0.496 e. The van der Waals surface area contributed by atoms with Crippen molar-refractivity contribution in [2.24, 2.45) is 5.10 Å². The lowest BCUT2D eigenvalue weighted by atomic mass is 10.2. The number of hydrazone groups is 1. The fraction of sp³-hybridized carbons (Fsp3) is 0.133. The Bertz CT molecular complexity index is 579. The van der Waals surface area contributed by atoms with Gasteiger partial charge in [-0.05, 0) is 58.7 Å². The Morgan fingerprint density at radius 1 is 1.16 bits per heavy atom. The lowest BCUT2D eigenvalue weighted by Crippen LogP contribution is -1.91. The third-order valence-corrected chi connectivity index (χ3v) is 3.25. The first-order valence-electron chi connectivity index (χ1n) is 5.88. The molecule has 4 heteroatoms. The fourth-order valence-corrected chi connectivity index (χ4v) is 2.13. The molecule has 98 valence electrons. The molecule has 0 aliphatic carbocycles. The van der Waals surface area contributed by atoms with Gasteiger partial charge in [0.15, 0.2) is 0 Å². The van der Waals surface area contributed by atoms with E-state index in [1.54, 1.807) is 13.3 Å². The van der Waals surface area contributed by atoms with Crippen LogP contribution in [0.4, 0.5) is 5.69 Å². The molecule has 2 aromatic carbocycles. The number of nitrogens with one attached hydrogen (secondary N) is 1. The van der Waals surface area contributed by atoms with Crippen molar-refractivity contribution < 1.29 is 4.74 Å². The number of aryl methyl sites for hydroxylation is 1. The molecular formula is C15H15BrN2O. The van der Waals surface area contributed by atoms with Gasteiger partial charge in [-0.3, -0.25) is 5.43 Å². The molecule has 0 atom stereocenters. The van der Waals surface area contributed by atoms with E-state index in [-0.39, 0.29) is 0 Å². The fourth-order valence-electron chi connectivity index (χ4n) is 1.57. The van der Waals surface area contributed by atoms with Crippen molar-refractivity contribution >= 4 is 27.8 Å². The molecule has 0 aliphatic rings. The van der Waals surface area contributed by atoms with Crippen molar-refractivity contribution in [2.45, 2.75) is 6.92 Å². The third kappa shape index (κ3) is 3.83. The molecule has 1 N–H and O–H groups in total. The number of ether oxygens (including phenoxy) is 1. The maximum Gasteiger partial charge on any atom is 0.133 e. The van der Waals surface area contributed by atoms with E-state index >= 15 is 0 Å². The average Bonchev–Trinajstić information content (AvgIpc) is 2.41. The predicted octanol–water partition coefficient (Wildman–Crippen LogP) is 4.21. The van der Waals surface area contributed by atoms with Crippen LogP contribution in [-0.2, 0) is 0 Å². The summed E-state index contributed by atoms with van der Waals surface area (Å²) in [7, 11) is 1.65. The molecule has 0 heterocycles. The summed E-state index contributed by atoms with van der Waals surface area (Å²) in [6, 6.07) is 13.9. The van der Waals surface area contributed by atoms with Gasteiger partial charge in [-0.2, -0.15) is 5.10 Å². The standard InChI is InChI=1S/C15H15BrN2O/c1-11-3-6-13(7-4-11)18-17-10-12-5-8-15(19-2)14(16)9-12/h3-10,18H,1-2H3/b17-10+. The Kier molecular flexibility index (Phi) is 4.58. The van der Waals surface area contributed by atoms with Crippen molar-refractivity contribution in [2.75, 3.05) is 12.5 Å². The Labute approximate surface area is 121 Å². The zero-order chi connectivity index (χ0) is 13.7. The zero-order valence-electron chi connectivity index (χ0n) is 10.9. The van der Waals surface area contributed by atoms with Crippen molar-refractivity contribution in [1.29, 1.82) is 0 Å². The van der Waals surface area contributed by atoms with E-state index in [1.807, 2.05) is 42.5 Å². The summed E-state index contributed by atoms with van der Waals surface area (Å²) in [6.45, 7) is 2.06. The van der Waals surface area contributed by atoms with E-state index in [0.29, 0.717) is 0 Å². The number of benzene rings is 2. The monoisotopic (exact) mass is 318 g/mol. The minimum atomic E-state index is 0.809. The molecule has 0 bridgehead atoms. The van der Waals surface area contributed by atoms with E-state index < -0.39 is 0 Å². The first-order chi connectivity index (χ1) is 9.19. The van der Waals surface area contributed by atoms with Gasteiger partial charge in [0.2, 0.25) is 0 Å². The highest BCUT2D eigenvalue weighted by Gasteiger charge is 1.99. The minimum Gasteiger partial charge on any atom is -0.496 e. The molecule has 2 aromatic rings. The summed E-state index contributed by atoms with van der Waals surface area (Å²) < 4.78 is 6.09. The molecule has 0 aliphatic heterocycles. The molecule has 0 saturated heterocycles. The lowest BCUT2D eigenvalue weighted by Gasteiger charge is -2.03. The van der Waals surface area contributed by atoms with Crippen molar-refractivity contribution in [3.05, 3.63) is 58.1 Å². The third-order valence-electron chi connectivity index (χ3n) is 2.63. The maximum atomic E-state index is 5.18. The minimum absolute atomic E-state index is 0.809. The van der Waals surface area contributed by atoms with Gasteiger partial charge in [0.1, 0.15) is 5.75 Å². The van der Waals surface area contributed by atoms with E-state index in [1.165, 1.54) is 5.56 Å².